The Morgan fingerprint density at radius 3 is 2.76 bits per heavy atom. The first-order chi connectivity index (χ1) is 14.0. The van der Waals surface area contributed by atoms with Gasteiger partial charge in [0, 0.05) is 31.4 Å². The second kappa shape index (κ2) is 6.56. The summed E-state index contributed by atoms with van der Waals surface area (Å²) < 4.78 is 16.9. The Hall–Kier alpha value is -2.92. The van der Waals surface area contributed by atoms with Gasteiger partial charge in [0.2, 0.25) is 5.43 Å². The van der Waals surface area contributed by atoms with Crippen molar-refractivity contribution in [3.63, 3.8) is 0 Å². The minimum Gasteiger partial charge on any atom is -0.477 e. The number of anilines is 1. The van der Waals surface area contributed by atoms with Gasteiger partial charge in [0.05, 0.1) is 16.6 Å². The van der Waals surface area contributed by atoms with Gasteiger partial charge in [-0.05, 0) is 44.2 Å². The van der Waals surface area contributed by atoms with Crippen LogP contribution < -0.4 is 15.6 Å². The summed E-state index contributed by atoms with van der Waals surface area (Å²) in [6.07, 6.45) is 5.15. The van der Waals surface area contributed by atoms with Crippen molar-refractivity contribution in [1.29, 1.82) is 5.26 Å². The number of piperidine rings is 1. The summed E-state index contributed by atoms with van der Waals surface area (Å²) >= 11 is 0. The molecule has 1 aromatic carbocycles. The molecule has 1 aromatic heterocycles. The quantitative estimate of drug-likeness (QED) is 0.826. The number of benzene rings is 1. The number of halogens is 1. The summed E-state index contributed by atoms with van der Waals surface area (Å²) in [6.45, 7) is 2.22. The van der Waals surface area contributed by atoms with Crippen LogP contribution in [-0.4, -0.2) is 41.3 Å². The highest BCUT2D eigenvalue weighted by atomic mass is 19.1. The molecular formula is C21H21FN4O3. The summed E-state index contributed by atoms with van der Waals surface area (Å²) in [5.41, 5.74) is -0.433. The van der Waals surface area contributed by atoms with E-state index >= 15 is 4.39 Å². The predicted molar refractivity (Wildman–Crippen MR) is 105 cm³/mol. The van der Waals surface area contributed by atoms with Gasteiger partial charge in [-0.15, -0.1) is 0 Å². The lowest BCUT2D eigenvalue weighted by atomic mass is 9.94. The van der Waals surface area contributed by atoms with Crippen LogP contribution in [0.4, 0.5) is 10.1 Å². The van der Waals surface area contributed by atoms with Crippen LogP contribution in [0.5, 0.6) is 0 Å². The number of nitrogens with zero attached hydrogens (tertiary/aromatic N) is 3. The van der Waals surface area contributed by atoms with E-state index in [0.29, 0.717) is 24.5 Å². The Labute approximate surface area is 166 Å². The van der Waals surface area contributed by atoms with Crippen LogP contribution >= 0.6 is 0 Å². The van der Waals surface area contributed by atoms with Gasteiger partial charge >= 0.3 is 5.97 Å². The highest BCUT2D eigenvalue weighted by molar-refractivity contribution is 5.96. The van der Waals surface area contributed by atoms with Crippen molar-refractivity contribution in [3.8, 4) is 6.07 Å². The van der Waals surface area contributed by atoms with E-state index in [1.54, 1.807) is 4.57 Å². The fourth-order valence-corrected chi connectivity index (χ4v) is 4.92. The fraction of sp³-hybridized carbons (Fsp3) is 0.476. The molecule has 2 aliphatic heterocycles. The Balaban J connectivity index is 1.74. The predicted octanol–water partition coefficient (Wildman–Crippen LogP) is 2.23. The lowest BCUT2D eigenvalue weighted by molar-refractivity contribution is 0.0695. The van der Waals surface area contributed by atoms with Gasteiger partial charge in [-0.2, -0.15) is 5.26 Å². The molecule has 0 bridgehead atoms. The van der Waals surface area contributed by atoms with Crippen molar-refractivity contribution >= 4 is 22.6 Å². The number of aromatic nitrogens is 1. The number of carbonyl (C=O) groups is 1. The molecule has 3 aliphatic rings. The average molecular weight is 396 g/mol. The highest BCUT2D eigenvalue weighted by Crippen LogP contribution is 2.41. The molecule has 2 saturated heterocycles. The van der Waals surface area contributed by atoms with Crippen LogP contribution in [0.3, 0.4) is 0 Å². The zero-order valence-electron chi connectivity index (χ0n) is 15.8. The minimum atomic E-state index is -1.34. The van der Waals surface area contributed by atoms with Crippen LogP contribution in [-0.2, 0) is 0 Å². The lowest BCUT2D eigenvalue weighted by Crippen LogP contribution is -2.40. The smallest absolute Gasteiger partial charge is 0.341 e. The SMILES string of the molecule is N#Cc1c(N2CC3NCCC[C@H]3C2)c(F)cc2c(=O)c(C(=O)O)cn(C3CC3)c12. The standard InChI is InChI=1S/C21H21FN4O3/c22-16-6-13-18(26(12-3-4-12)9-15(20(13)27)21(28)29)14(7-23)19(16)25-8-11-2-1-5-24-17(11)10-25/h6,9,11-12,17,24H,1-5,8,10H2,(H,28,29)/t11-,17?/m0/s1. The van der Waals surface area contributed by atoms with E-state index in [4.69, 9.17) is 0 Å². The van der Waals surface area contributed by atoms with Crippen LogP contribution in [0.25, 0.3) is 10.9 Å². The molecule has 3 heterocycles. The molecule has 7 nitrogen and oxygen atoms in total. The second-order valence-electron chi connectivity index (χ2n) is 8.27. The van der Waals surface area contributed by atoms with E-state index in [2.05, 4.69) is 11.4 Å². The molecule has 8 heteroatoms. The molecule has 0 radical (unpaired) electrons. The summed E-state index contributed by atoms with van der Waals surface area (Å²) in [6, 6.07) is 3.55. The lowest BCUT2D eigenvalue weighted by Gasteiger charge is -2.24. The first kappa shape index (κ1) is 18.1. The van der Waals surface area contributed by atoms with Crippen molar-refractivity contribution in [2.45, 2.75) is 37.8 Å². The summed E-state index contributed by atoms with van der Waals surface area (Å²) in [4.78, 5) is 26.2. The largest absolute Gasteiger partial charge is 0.477 e. The third kappa shape index (κ3) is 2.80. The molecule has 1 saturated carbocycles. The summed E-state index contributed by atoms with van der Waals surface area (Å²) in [5.74, 6) is -1.58. The molecule has 2 atom stereocenters. The molecule has 5 rings (SSSR count). The molecule has 0 amide bonds. The fourth-order valence-electron chi connectivity index (χ4n) is 4.92. The van der Waals surface area contributed by atoms with Gasteiger partial charge in [-0.25, -0.2) is 9.18 Å². The van der Waals surface area contributed by atoms with E-state index in [1.807, 2.05) is 4.90 Å². The number of hydrogen-bond donors (Lipinski definition) is 2. The number of rotatable bonds is 3. The first-order valence-electron chi connectivity index (χ1n) is 10.0. The van der Waals surface area contributed by atoms with Gasteiger partial charge in [-0.1, -0.05) is 0 Å². The molecule has 3 fully saturated rings. The van der Waals surface area contributed by atoms with Crippen molar-refractivity contribution < 1.29 is 14.3 Å². The molecule has 0 spiro atoms. The second-order valence-corrected chi connectivity index (χ2v) is 8.27. The van der Waals surface area contributed by atoms with E-state index in [0.717, 1.165) is 38.3 Å². The Morgan fingerprint density at radius 2 is 2.10 bits per heavy atom. The Kier molecular flexibility index (Phi) is 4.10. The number of fused-ring (bicyclic) bond motifs is 2. The van der Waals surface area contributed by atoms with Crippen LogP contribution in [0.2, 0.25) is 0 Å². The van der Waals surface area contributed by atoms with Crippen LogP contribution in [0.1, 0.15) is 47.6 Å². The maximum Gasteiger partial charge on any atom is 0.341 e. The number of hydrogen-bond acceptors (Lipinski definition) is 5. The van der Waals surface area contributed by atoms with E-state index < -0.39 is 22.8 Å². The maximum atomic E-state index is 15.2. The normalized spacial score (nSPS) is 23.8. The minimum absolute atomic E-state index is 0.0319. The van der Waals surface area contributed by atoms with Crippen molar-refractivity contribution in [2.75, 3.05) is 24.5 Å². The average Bonchev–Trinajstić information content (AvgIpc) is 3.45. The molecule has 29 heavy (non-hydrogen) atoms. The van der Waals surface area contributed by atoms with Crippen molar-refractivity contribution in [2.24, 2.45) is 5.92 Å². The Bertz CT molecular complexity index is 1120. The van der Waals surface area contributed by atoms with Crippen LogP contribution in [0.15, 0.2) is 17.1 Å². The Morgan fingerprint density at radius 1 is 1.31 bits per heavy atom. The van der Waals surface area contributed by atoms with Gasteiger partial charge in [-0.3, -0.25) is 4.79 Å². The molecule has 150 valence electrons. The number of carboxylic acids is 1. The third-order valence-corrected chi connectivity index (χ3v) is 6.44. The van der Waals surface area contributed by atoms with E-state index in [-0.39, 0.29) is 28.7 Å². The van der Waals surface area contributed by atoms with Gasteiger partial charge in [0.25, 0.3) is 0 Å². The number of pyridine rings is 1. The molecule has 1 unspecified atom stereocenters. The monoisotopic (exact) mass is 396 g/mol. The molecule has 2 aromatic rings. The van der Waals surface area contributed by atoms with Gasteiger partial charge < -0.3 is 19.9 Å². The van der Waals surface area contributed by atoms with E-state index in [9.17, 15) is 20.0 Å². The van der Waals surface area contributed by atoms with Crippen molar-refractivity contribution in [3.05, 3.63) is 39.4 Å². The molecular weight excluding hydrogens is 375 g/mol. The summed E-state index contributed by atoms with van der Waals surface area (Å²) in [7, 11) is 0. The first-order valence-corrected chi connectivity index (χ1v) is 10.0. The molecule has 1 aliphatic carbocycles. The number of aromatic carboxylic acids is 1. The van der Waals surface area contributed by atoms with Gasteiger partial charge in [0.1, 0.15) is 23.0 Å². The number of carboxylic acid groups (broad SMARTS) is 1. The van der Waals surface area contributed by atoms with Crippen molar-refractivity contribution in [1.82, 2.24) is 9.88 Å². The van der Waals surface area contributed by atoms with E-state index in [1.165, 1.54) is 6.20 Å². The van der Waals surface area contributed by atoms with Crippen LogP contribution in [0, 0.1) is 23.1 Å². The van der Waals surface area contributed by atoms with Gasteiger partial charge in [0.15, 0.2) is 0 Å². The highest BCUT2D eigenvalue weighted by Gasteiger charge is 2.37. The maximum absolute atomic E-state index is 15.2. The molecule has 2 N–H and O–H groups in total. The zero-order valence-corrected chi connectivity index (χ0v) is 15.8. The number of nitriles is 1. The zero-order chi connectivity index (χ0) is 20.3. The topological polar surface area (TPSA) is 98.4 Å². The number of nitrogens with one attached hydrogen (secondary N) is 1. The summed E-state index contributed by atoms with van der Waals surface area (Å²) in [5, 5.41) is 22.8. The third-order valence-electron chi connectivity index (χ3n) is 6.44.